The van der Waals surface area contributed by atoms with Gasteiger partial charge in [0.2, 0.25) is 0 Å². The molecule has 0 radical (unpaired) electrons. The van der Waals surface area contributed by atoms with Crippen molar-refractivity contribution in [3.8, 4) is 0 Å². The van der Waals surface area contributed by atoms with Gasteiger partial charge in [0.05, 0.1) is 14.2 Å². The van der Waals surface area contributed by atoms with Crippen molar-refractivity contribution in [3.05, 3.63) is 23.2 Å². The third kappa shape index (κ3) is 1.54. The van der Waals surface area contributed by atoms with E-state index in [9.17, 15) is 0 Å². The van der Waals surface area contributed by atoms with E-state index in [2.05, 4.69) is 18.3 Å². The van der Waals surface area contributed by atoms with Gasteiger partial charge in [0.15, 0.2) is 5.76 Å². The Bertz CT molecular complexity index is 346. The van der Waals surface area contributed by atoms with Gasteiger partial charge >= 0.3 is 0 Å². The Morgan fingerprint density at radius 1 is 1.44 bits per heavy atom. The minimum atomic E-state index is 0.274. The summed E-state index contributed by atoms with van der Waals surface area (Å²) in [7, 11) is 5.45. The second-order valence-electron chi connectivity index (χ2n) is 4.92. The fourth-order valence-corrected chi connectivity index (χ4v) is 2.89. The summed E-state index contributed by atoms with van der Waals surface area (Å²) in [5.41, 5.74) is 1.78. The van der Waals surface area contributed by atoms with Gasteiger partial charge in [-0.1, -0.05) is 12.5 Å². The van der Waals surface area contributed by atoms with Crippen molar-refractivity contribution >= 4 is 0 Å². The number of methoxy groups -OCH3 is 2. The van der Waals surface area contributed by atoms with Crippen molar-refractivity contribution in [1.82, 2.24) is 5.32 Å². The molecular formula is C13H21NO2. The van der Waals surface area contributed by atoms with E-state index in [4.69, 9.17) is 9.47 Å². The zero-order chi connectivity index (χ0) is 11.8. The largest absolute Gasteiger partial charge is 0.497 e. The Kier molecular flexibility index (Phi) is 2.98. The molecule has 2 unspecified atom stereocenters. The van der Waals surface area contributed by atoms with Crippen LogP contribution in [0.3, 0.4) is 0 Å². The van der Waals surface area contributed by atoms with Crippen LogP contribution in [0.2, 0.25) is 0 Å². The van der Waals surface area contributed by atoms with Crippen molar-refractivity contribution in [2.75, 3.05) is 27.8 Å². The number of rotatable bonds is 4. The van der Waals surface area contributed by atoms with Crippen molar-refractivity contribution in [2.24, 2.45) is 11.3 Å². The third-order valence-corrected chi connectivity index (χ3v) is 4.13. The van der Waals surface area contributed by atoms with Crippen molar-refractivity contribution in [3.63, 3.8) is 0 Å². The monoisotopic (exact) mass is 223 g/mol. The predicted molar refractivity (Wildman–Crippen MR) is 63.9 cm³/mol. The number of allylic oxidation sites excluding steroid dienone is 3. The highest BCUT2D eigenvalue weighted by Crippen LogP contribution is 2.57. The van der Waals surface area contributed by atoms with Crippen LogP contribution in [-0.2, 0) is 9.47 Å². The number of ether oxygens (including phenoxy) is 2. The summed E-state index contributed by atoms with van der Waals surface area (Å²) in [6.45, 7) is 3.41. The standard InChI is InChI=1S/C13H21NO2/c1-13-7-12(16-4)11(15-3)6-9(13)5-10(13)8-14-2/h6,10,14H,5,7-8H2,1-4H3. The highest BCUT2D eigenvalue weighted by atomic mass is 16.5. The average molecular weight is 223 g/mol. The molecule has 2 atom stereocenters. The molecule has 0 bridgehead atoms. The Labute approximate surface area is 97.5 Å². The van der Waals surface area contributed by atoms with Gasteiger partial charge < -0.3 is 14.8 Å². The van der Waals surface area contributed by atoms with E-state index >= 15 is 0 Å². The van der Waals surface area contributed by atoms with Crippen molar-refractivity contribution in [2.45, 2.75) is 19.8 Å². The molecule has 0 aromatic heterocycles. The van der Waals surface area contributed by atoms with Gasteiger partial charge in [0.25, 0.3) is 0 Å². The predicted octanol–water partition coefficient (Wildman–Crippen LogP) is 2.07. The molecule has 1 N–H and O–H groups in total. The molecule has 0 heterocycles. The lowest BCUT2D eigenvalue weighted by atomic mass is 9.54. The van der Waals surface area contributed by atoms with Crippen LogP contribution in [0.1, 0.15) is 19.8 Å². The normalized spacial score (nSPS) is 32.8. The molecule has 0 aromatic rings. The highest BCUT2D eigenvalue weighted by molar-refractivity contribution is 5.39. The van der Waals surface area contributed by atoms with E-state index in [1.807, 2.05) is 7.05 Å². The maximum Gasteiger partial charge on any atom is 0.156 e. The van der Waals surface area contributed by atoms with Crippen molar-refractivity contribution < 1.29 is 9.47 Å². The summed E-state index contributed by atoms with van der Waals surface area (Å²) in [6.07, 6.45) is 4.31. The molecule has 1 fully saturated rings. The van der Waals surface area contributed by atoms with Crippen LogP contribution in [0.5, 0.6) is 0 Å². The smallest absolute Gasteiger partial charge is 0.156 e. The Hall–Kier alpha value is -0.960. The number of hydrogen-bond acceptors (Lipinski definition) is 3. The second kappa shape index (κ2) is 4.13. The first-order chi connectivity index (χ1) is 7.65. The molecule has 16 heavy (non-hydrogen) atoms. The fraction of sp³-hybridized carbons (Fsp3) is 0.692. The fourth-order valence-electron chi connectivity index (χ4n) is 2.89. The number of hydrogen-bond donors (Lipinski definition) is 1. The maximum atomic E-state index is 5.43. The number of nitrogens with one attached hydrogen (secondary N) is 1. The molecule has 0 amide bonds. The minimum Gasteiger partial charge on any atom is -0.497 e. The maximum absolute atomic E-state index is 5.43. The van der Waals surface area contributed by atoms with Gasteiger partial charge in [-0.15, -0.1) is 0 Å². The SMILES string of the molecule is CNCC1CC2=CC(OC)=C(OC)CC21C. The van der Waals surface area contributed by atoms with Gasteiger partial charge in [-0.05, 0) is 32.0 Å². The van der Waals surface area contributed by atoms with Crippen LogP contribution in [0.25, 0.3) is 0 Å². The van der Waals surface area contributed by atoms with Crippen LogP contribution in [0, 0.1) is 11.3 Å². The van der Waals surface area contributed by atoms with E-state index in [1.165, 1.54) is 12.0 Å². The van der Waals surface area contributed by atoms with Gasteiger partial charge in [-0.25, -0.2) is 0 Å². The summed E-state index contributed by atoms with van der Waals surface area (Å²) in [5.74, 6) is 2.60. The summed E-state index contributed by atoms with van der Waals surface area (Å²) in [6, 6.07) is 0. The topological polar surface area (TPSA) is 30.5 Å². The van der Waals surface area contributed by atoms with Crippen LogP contribution >= 0.6 is 0 Å². The molecule has 2 aliphatic carbocycles. The first-order valence-corrected chi connectivity index (χ1v) is 5.82. The molecule has 1 saturated carbocycles. The molecule has 0 aliphatic heterocycles. The van der Waals surface area contributed by atoms with Gasteiger partial charge in [-0.3, -0.25) is 0 Å². The molecule has 0 spiro atoms. The molecule has 3 nitrogen and oxygen atoms in total. The Morgan fingerprint density at radius 3 is 2.75 bits per heavy atom. The van der Waals surface area contributed by atoms with E-state index in [-0.39, 0.29) is 5.41 Å². The van der Waals surface area contributed by atoms with Crippen LogP contribution < -0.4 is 5.32 Å². The second-order valence-corrected chi connectivity index (χ2v) is 4.92. The van der Waals surface area contributed by atoms with E-state index in [0.717, 1.165) is 24.5 Å². The van der Waals surface area contributed by atoms with Gasteiger partial charge in [0, 0.05) is 11.8 Å². The first kappa shape index (κ1) is 11.5. The Morgan fingerprint density at radius 2 is 2.19 bits per heavy atom. The van der Waals surface area contributed by atoms with Gasteiger partial charge in [-0.2, -0.15) is 0 Å². The molecule has 90 valence electrons. The van der Waals surface area contributed by atoms with E-state index in [0.29, 0.717) is 5.92 Å². The quantitative estimate of drug-likeness (QED) is 0.791. The van der Waals surface area contributed by atoms with Crippen LogP contribution in [0.15, 0.2) is 23.2 Å². The van der Waals surface area contributed by atoms with Crippen LogP contribution in [-0.4, -0.2) is 27.8 Å². The third-order valence-electron chi connectivity index (χ3n) is 4.13. The lowest BCUT2D eigenvalue weighted by molar-refractivity contribution is 0.0949. The minimum absolute atomic E-state index is 0.274. The zero-order valence-electron chi connectivity index (χ0n) is 10.6. The summed E-state index contributed by atoms with van der Waals surface area (Å²) in [5, 5.41) is 3.27. The Balaban J connectivity index is 2.20. The lowest BCUT2D eigenvalue weighted by Gasteiger charge is -2.52. The molecular weight excluding hydrogens is 202 g/mol. The lowest BCUT2D eigenvalue weighted by Crippen LogP contribution is -2.46. The van der Waals surface area contributed by atoms with Crippen LogP contribution in [0.4, 0.5) is 0 Å². The summed E-state index contributed by atoms with van der Waals surface area (Å²) in [4.78, 5) is 0. The molecule has 2 aliphatic rings. The first-order valence-electron chi connectivity index (χ1n) is 5.82. The van der Waals surface area contributed by atoms with Gasteiger partial charge in [0.1, 0.15) is 5.76 Å². The molecule has 0 saturated heterocycles. The highest BCUT2D eigenvalue weighted by Gasteiger charge is 2.49. The summed E-state index contributed by atoms with van der Waals surface area (Å²) < 4.78 is 10.8. The van der Waals surface area contributed by atoms with Crippen molar-refractivity contribution in [1.29, 1.82) is 0 Å². The average Bonchev–Trinajstić information content (AvgIpc) is 2.29. The van der Waals surface area contributed by atoms with E-state index in [1.54, 1.807) is 14.2 Å². The molecule has 3 heteroatoms. The summed E-state index contributed by atoms with van der Waals surface area (Å²) >= 11 is 0. The zero-order valence-corrected chi connectivity index (χ0v) is 10.6. The molecule has 0 aromatic carbocycles. The number of fused-ring (bicyclic) bond motifs is 1. The van der Waals surface area contributed by atoms with E-state index < -0.39 is 0 Å². The molecule has 2 rings (SSSR count).